The zero-order chi connectivity index (χ0) is 9.68. The molecule has 1 atom stereocenters. The van der Waals surface area contributed by atoms with Gasteiger partial charge in [-0.2, -0.15) is 0 Å². The van der Waals surface area contributed by atoms with Gasteiger partial charge in [-0.05, 0) is 13.8 Å². The smallest absolute Gasteiger partial charge is 0.103 e. The van der Waals surface area contributed by atoms with Gasteiger partial charge in [0.1, 0.15) is 5.82 Å². The van der Waals surface area contributed by atoms with Crippen molar-refractivity contribution in [3.8, 4) is 0 Å². The number of methoxy groups -OCH3 is 1. The maximum absolute atomic E-state index is 5.10. The quantitative estimate of drug-likeness (QED) is 0.711. The predicted molar refractivity (Wildman–Crippen MR) is 51.5 cm³/mol. The number of rotatable bonds is 5. The first-order chi connectivity index (χ1) is 6.22. The molecule has 74 valence electrons. The molecular weight excluding hydrogens is 166 g/mol. The first-order valence-corrected chi connectivity index (χ1v) is 4.46. The minimum absolute atomic E-state index is 0.254. The summed E-state index contributed by atoms with van der Waals surface area (Å²) in [6.45, 7) is 5.65. The maximum Gasteiger partial charge on any atom is 0.103 e. The third kappa shape index (κ3) is 3.57. The van der Waals surface area contributed by atoms with Crippen LogP contribution < -0.4 is 5.32 Å². The molecule has 0 bridgehead atoms. The summed E-state index contributed by atoms with van der Waals surface area (Å²) in [4.78, 5) is 7.26. The van der Waals surface area contributed by atoms with Crippen molar-refractivity contribution < 1.29 is 4.74 Å². The Bertz CT molecular complexity index is 247. The number of aromatic nitrogens is 2. The molecule has 4 nitrogen and oxygen atoms in total. The summed E-state index contributed by atoms with van der Waals surface area (Å²) in [7, 11) is 1.71. The molecule has 2 N–H and O–H groups in total. The molecule has 0 amide bonds. The molecule has 1 aromatic heterocycles. The molecule has 1 unspecified atom stereocenters. The molecule has 13 heavy (non-hydrogen) atoms. The van der Waals surface area contributed by atoms with E-state index < -0.39 is 0 Å². The third-order valence-electron chi connectivity index (χ3n) is 1.91. The fourth-order valence-corrected chi connectivity index (χ4v) is 1.05. The fourth-order valence-electron chi connectivity index (χ4n) is 1.05. The van der Waals surface area contributed by atoms with Crippen molar-refractivity contribution in [3.63, 3.8) is 0 Å². The van der Waals surface area contributed by atoms with Crippen LogP contribution in [0.4, 0.5) is 0 Å². The number of H-pyrrole nitrogens is 1. The van der Waals surface area contributed by atoms with Gasteiger partial charge < -0.3 is 15.0 Å². The Morgan fingerprint density at radius 1 is 1.69 bits per heavy atom. The summed E-state index contributed by atoms with van der Waals surface area (Å²) in [5.74, 6) is 0.955. The largest absolute Gasteiger partial charge is 0.380 e. The number of nitrogens with zero attached hydrogens (tertiary/aromatic N) is 1. The van der Waals surface area contributed by atoms with Crippen LogP contribution in [-0.2, 0) is 11.3 Å². The van der Waals surface area contributed by atoms with E-state index in [4.69, 9.17) is 4.74 Å². The molecule has 0 aliphatic carbocycles. The van der Waals surface area contributed by atoms with Crippen LogP contribution in [0.3, 0.4) is 0 Å². The number of hydrogen-bond acceptors (Lipinski definition) is 3. The van der Waals surface area contributed by atoms with Gasteiger partial charge in [0.2, 0.25) is 0 Å². The molecule has 0 aliphatic rings. The molecule has 4 heteroatoms. The molecule has 1 aromatic rings. The molecule has 0 saturated heterocycles. The van der Waals surface area contributed by atoms with Gasteiger partial charge in [0.25, 0.3) is 0 Å². The first-order valence-electron chi connectivity index (χ1n) is 4.46. The van der Waals surface area contributed by atoms with E-state index in [9.17, 15) is 0 Å². The van der Waals surface area contributed by atoms with Gasteiger partial charge in [0.05, 0.1) is 6.10 Å². The van der Waals surface area contributed by atoms with Gasteiger partial charge in [-0.3, -0.25) is 0 Å². The Kier molecular flexibility index (Phi) is 3.92. The van der Waals surface area contributed by atoms with E-state index >= 15 is 0 Å². The van der Waals surface area contributed by atoms with Gasteiger partial charge >= 0.3 is 0 Å². The number of aromatic amines is 1. The second-order valence-corrected chi connectivity index (χ2v) is 3.17. The highest BCUT2D eigenvalue weighted by Crippen LogP contribution is 1.94. The number of aryl methyl sites for hydroxylation is 1. The maximum atomic E-state index is 5.10. The van der Waals surface area contributed by atoms with Gasteiger partial charge in [-0.1, -0.05) is 0 Å². The lowest BCUT2D eigenvalue weighted by Gasteiger charge is -2.09. The third-order valence-corrected chi connectivity index (χ3v) is 1.91. The van der Waals surface area contributed by atoms with E-state index in [1.807, 2.05) is 20.0 Å². The zero-order valence-electron chi connectivity index (χ0n) is 8.42. The summed E-state index contributed by atoms with van der Waals surface area (Å²) in [6, 6.07) is 0. The van der Waals surface area contributed by atoms with Crippen molar-refractivity contribution in [2.75, 3.05) is 13.7 Å². The topological polar surface area (TPSA) is 49.9 Å². The number of hydrogen-bond donors (Lipinski definition) is 2. The van der Waals surface area contributed by atoms with Crippen LogP contribution in [0.1, 0.15) is 18.4 Å². The standard InChI is InChI=1S/C9H17N3O/c1-7(13-3)4-10-5-9-6-11-8(2)12-9/h6-7,10H,4-5H2,1-3H3,(H,11,12). The van der Waals surface area contributed by atoms with Gasteiger partial charge in [-0.15, -0.1) is 0 Å². The van der Waals surface area contributed by atoms with E-state index in [1.165, 1.54) is 0 Å². The Labute approximate surface area is 78.7 Å². The summed E-state index contributed by atoms with van der Waals surface area (Å²) in [5.41, 5.74) is 1.11. The SMILES string of the molecule is COC(C)CNCc1cnc(C)[nH]1. The Morgan fingerprint density at radius 3 is 3.00 bits per heavy atom. The monoisotopic (exact) mass is 183 g/mol. The first kappa shape index (κ1) is 10.2. The zero-order valence-corrected chi connectivity index (χ0v) is 8.42. The van der Waals surface area contributed by atoms with Gasteiger partial charge in [0.15, 0.2) is 0 Å². The van der Waals surface area contributed by atoms with E-state index in [0.29, 0.717) is 0 Å². The highest BCUT2D eigenvalue weighted by molar-refractivity contribution is 4.99. The van der Waals surface area contributed by atoms with Crippen LogP contribution in [-0.4, -0.2) is 29.7 Å². The molecule has 0 saturated carbocycles. The van der Waals surface area contributed by atoms with Crippen molar-refractivity contribution >= 4 is 0 Å². The molecule has 1 heterocycles. The molecule has 1 rings (SSSR count). The fraction of sp³-hybridized carbons (Fsp3) is 0.667. The second kappa shape index (κ2) is 4.99. The van der Waals surface area contributed by atoms with E-state index in [1.54, 1.807) is 7.11 Å². The van der Waals surface area contributed by atoms with Crippen molar-refractivity contribution in [1.82, 2.24) is 15.3 Å². The minimum Gasteiger partial charge on any atom is -0.380 e. The predicted octanol–water partition coefficient (Wildman–Crippen LogP) is 0.843. The second-order valence-electron chi connectivity index (χ2n) is 3.17. The van der Waals surface area contributed by atoms with Crippen LogP contribution >= 0.6 is 0 Å². The van der Waals surface area contributed by atoms with Crippen molar-refractivity contribution in [3.05, 3.63) is 17.7 Å². The lowest BCUT2D eigenvalue weighted by atomic mass is 10.4. The van der Waals surface area contributed by atoms with Crippen LogP contribution in [0.25, 0.3) is 0 Å². The average Bonchev–Trinajstić information content (AvgIpc) is 2.51. The lowest BCUT2D eigenvalue weighted by Crippen LogP contribution is -2.25. The van der Waals surface area contributed by atoms with Crippen molar-refractivity contribution in [2.45, 2.75) is 26.5 Å². The summed E-state index contributed by atoms with van der Waals surface area (Å²) in [5, 5.41) is 3.27. The number of nitrogens with one attached hydrogen (secondary N) is 2. The van der Waals surface area contributed by atoms with Crippen LogP contribution in [0.15, 0.2) is 6.20 Å². The lowest BCUT2D eigenvalue weighted by molar-refractivity contribution is 0.117. The van der Waals surface area contributed by atoms with Crippen molar-refractivity contribution in [1.29, 1.82) is 0 Å². The summed E-state index contributed by atoms with van der Waals surface area (Å²) >= 11 is 0. The molecule has 0 spiro atoms. The normalized spacial score (nSPS) is 13.2. The highest BCUT2D eigenvalue weighted by Gasteiger charge is 1.99. The van der Waals surface area contributed by atoms with Gasteiger partial charge in [-0.25, -0.2) is 4.98 Å². The molecule has 0 radical (unpaired) electrons. The van der Waals surface area contributed by atoms with E-state index in [-0.39, 0.29) is 6.10 Å². The average molecular weight is 183 g/mol. The van der Waals surface area contributed by atoms with Gasteiger partial charge in [0, 0.05) is 32.1 Å². The van der Waals surface area contributed by atoms with Crippen LogP contribution in [0, 0.1) is 6.92 Å². The Balaban J connectivity index is 2.20. The van der Waals surface area contributed by atoms with Crippen molar-refractivity contribution in [2.24, 2.45) is 0 Å². The van der Waals surface area contributed by atoms with Crippen LogP contribution in [0.2, 0.25) is 0 Å². The minimum atomic E-state index is 0.254. The number of imidazole rings is 1. The van der Waals surface area contributed by atoms with E-state index in [0.717, 1.165) is 24.6 Å². The molecular formula is C9H17N3O. The summed E-state index contributed by atoms with van der Waals surface area (Å²) < 4.78 is 5.10. The Morgan fingerprint density at radius 2 is 2.46 bits per heavy atom. The highest BCUT2D eigenvalue weighted by atomic mass is 16.5. The Hall–Kier alpha value is -0.870. The molecule has 0 fully saturated rings. The van der Waals surface area contributed by atoms with Crippen LogP contribution in [0.5, 0.6) is 0 Å². The summed E-state index contributed by atoms with van der Waals surface area (Å²) in [6.07, 6.45) is 2.10. The molecule has 0 aromatic carbocycles. The van der Waals surface area contributed by atoms with E-state index in [2.05, 4.69) is 15.3 Å². The number of ether oxygens (including phenoxy) is 1. The molecule has 0 aliphatic heterocycles.